The third-order valence-corrected chi connectivity index (χ3v) is 1.36. The first-order chi connectivity index (χ1) is 5.22. The van der Waals surface area contributed by atoms with Gasteiger partial charge in [0.15, 0.2) is 0 Å². The summed E-state index contributed by atoms with van der Waals surface area (Å²) in [6.07, 6.45) is 1.17. The van der Waals surface area contributed by atoms with Crippen molar-refractivity contribution in [1.82, 2.24) is 5.32 Å². The van der Waals surface area contributed by atoms with Crippen LogP contribution in [0.15, 0.2) is 0 Å². The first-order valence-corrected chi connectivity index (χ1v) is 3.79. The molecule has 0 aliphatic carbocycles. The summed E-state index contributed by atoms with van der Waals surface area (Å²) >= 11 is 0. The maximum Gasteiger partial charge on any atom is 0.320 e. The second-order valence-electron chi connectivity index (χ2n) is 2.36. The van der Waals surface area contributed by atoms with Crippen LogP contribution in [0, 0.1) is 0 Å². The van der Waals surface area contributed by atoms with Crippen molar-refractivity contribution in [1.29, 1.82) is 0 Å². The van der Waals surface area contributed by atoms with Gasteiger partial charge in [0.05, 0.1) is 0 Å². The molecule has 0 aliphatic rings. The van der Waals surface area contributed by atoms with Crippen LogP contribution in [-0.2, 0) is 4.79 Å². The molecule has 74 valence electrons. The summed E-state index contributed by atoms with van der Waals surface area (Å²) in [6.45, 7) is 2.55. The summed E-state index contributed by atoms with van der Waals surface area (Å²) in [5, 5.41) is 19.8. The van der Waals surface area contributed by atoms with Gasteiger partial charge in [0.1, 0.15) is 6.04 Å². The average Bonchev–Trinajstić information content (AvgIpc) is 1.97. The van der Waals surface area contributed by atoms with Gasteiger partial charge in [0.2, 0.25) is 0 Å². The van der Waals surface area contributed by atoms with Crippen molar-refractivity contribution in [2.24, 2.45) is 0 Å². The Morgan fingerprint density at radius 3 is 2.50 bits per heavy atom. The molecule has 0 aliphatic heterocycles. The zero-order valence-electron chi connectivity index (χ0n) is 7.12. The Hall–Kier alpha value is -0.320. The van der Waals surface area contributed by atoms with E-state index in [0.29, 0.717) is 6.54 Å². The molecule has 0 saturated carbocycles. The molecular formula is C7H16ClNO3. The van der Waals surface area contributed by atoms with E-state index < -0.39 is 12.0 Å². The normalized spacial score (nSPS) is 11.8. The number of aliphatic carboxylic acids is 1. The number of carbonyl (C=O) groups is 1. The molecule has 1 atom stereocenters. The smallest absolute Gasteiger partial charge is 0.320 e. The second-order valence-corrected chi connectivity index (χ2v) is 2.36. The minimum Gasteiger partial charge on any atom is -0.480 e. The first kappa shape index (κ1) is 14.2. The highest BCUT2D eigenvalue weighted by molar-refractivity contribution is 5.85. The summed E-state index contributed by atoms with van der Waals surface area (Å²) < 4.78 is 0. The van der Waals surface area contributed by atoms with Crippen molar-refractivity contribution in [2.45, 2.75) is 25.8 Å². The number of nitrogens with one attached hydrogen (secondary N) is 1. The fourth-order valence-corrected chi connectivity index (χ4v) is 0.761. The Bertz CT molecular complexity index is 121. The highest BCUT2D eigenvalue weighted by atomic mass is 35.5. The molecule has 0 amide bonds. The van der Waals surface area contributed by atoms with E-state index >= 15 is 0 Å². The lowest BCUT2D eigenvalue weighted by molar-refractivity contribution is -0.139. The zero-order chi connectivity index (χ0) is 8.69. The van der Waals surface area contributed by atoms with E-state index in [1.165, 1.54) is 0 Å². The highest BCUT2D eigenvalue weighted by Crippen LogP contribution is 1.90. The number of aliphatic hydroxyl groups excluding tert-OH is 1. The summed E-state index contributed by atoms with van der Waals surface area (Å²) in [7, 11) is 0. The first-order valence-electron chi connectivity index (χ1n) is 3.79. The molecule has 3 N–H and O–H groups in total. The maximum atomic E-state index is 10.4. The van der Waals surface area contributed by atoms with Crippen LogP contribution in [0.5, 0.6) is 0 Å². The molecule has 0 fully saturated rings. The highest BCUT2D eigenvalue weighted by Gasteiger charge is 2.14. The van der Waals surface area contributed by atoms with Crippen LogP contribution in [0.1, 0.15) is 19.8 Å². The Morgan fingerprint density at radius 2 is 2.17 bits per heavy atom. The molecule has 4 nitrogen and oxygen atoms in total. The van der Waals surface area contributed by atoms with Crippen molar-refractivity contribution < 1.29 is 15.0 Å². The minimum atomic E-state index is -0.896. The van der Waals surface area contributed by atoms with Crippen LogP contribution in [0.2, 0.25) is 0 Å². The maximum absolute atomic E-state index is 10.4. The van der Waals surface area contributed by atoms with Crippen molar-refractivity contribution >= 4 is 18.4 Å². The molecule has 12 heavy (non-hydrogen) atoms. The summed E-state index contributed by atoms with van der Waals surface area (Å²) in [4.78, 5) is 10.4. The predicted octanol–water partition coefficient (Wildman–Crippen LogP) is 0.243. The van der Waals surface area contributed by atoms with Gasteiger partial charge in [-0.25, -0.2) is 0 Å². The van der Waals surface area contributed by atoms with Gasteiger partial charge in [-0.05, 0) is 19.4 Å². The Balaban J connectivity index is 0. The van der Waals surface area contributed by atoms with Gasteiger partial charge in [0, 0.05) is 6.61 Å². The van der Waals surface area contributed by atoms with E-state index in [0.717, 1.165) is 6.42 Å². The van der Waals surface area contributed by atoms with Gasteiger partial charge >= 0.3 is 5.97 Å². The predicted molar refractivity (Wildman–Crippen MR) is 48.7 cm³/mol. The van der Waals surface area contributed by atoms with Crippen molar-refractivity contribution in [3.8, 4) is 0 Å². The molecule has 0 saturated heterocycles. The van der Waals surface area contributed by atoms with E-state index in [2.05, 4.69) is 5.32 Å². The average molecular weight is 198 g/mol. The molecule has 0 radical (unpaired) electrons. The van der Waals surface area contributed by atoms with Gasteiger partial charge in [-0.3, -0.25) is 4.79 Å². The molecule has 0 aromatic carbocycles. The summed E-state index contributed by atoms with van der Waals surface area (Å²) in [6, 6.07) is -0.597. The SMILES string of the molecule is CCCN[C@@H](CCO)C(=O)O.Cl. The Morgan fingerprint density at radius 1 is 1.58 bits per heavy atom. The molecule has 0 heterocycles. The number of carboxylic acid groups (broad SMARTS) is 1. The lowest BCUT2D eigenvalue weighted by atomic mass is 10.2. The van der Waals surface area contributed by atoms with Crippen LogP contribution in [0.3, 0.4) is 0 Å². The Labute approximate surface area is 78.4 Å². The van der Waals surface area contributed by atoms with E-state index in [4.69, 9.17) is 10.2 Å². The monoisotopic (exact) mass is 197 g/mol. The molecule has 0 spiro atoms. The lowest BCUT2D eigenvalue weighted by Crippen LogP contribution is -2.37. The van der Waals surface area contributed by atoms with Gasteiger partial charge in [-0.15, -0.1) is 12.4 Å². The Kier molecular flexibility index (Phi) is 10.4. The van der Waals surface area contributed by atoms with Crippen LogP contribution in [-0.4, -0.2) is 35.4 Å². The third-order valence-electron chi connectivity index (χ3n) is 1.36. The number of hydrogen-bond donors (Lipinski definition) is 3. The summed E-state index contributed by atoms with van der Waals surface area (Å²) in [5.74, 6) is -0.896. The molecule has 0 aromatic rings. The van der Waals surface area contributed by atoms with Crippen molar-refractivity contribution in [3.05, 3.63) is 0 Å². The molecule has 5 heteroatoms. The van der Waals surface area contributed by atoms with E-state index in [1.807, 2.05) is 6.92 Å². The lowest BCUT2D eigenvalue weighted by Gasteiger charge is -2.11. The van der Waals surface area contributed by atoms with Gasteiger partial charge in [0.25, 0.3) is 0 Å². The standard InChI is InChI=1S/C7H15NO3.ClH/c1-2-4-8-6(3-5-9)7(10)11;/h6,8-9H,2-5H2,1H3,(H,10,11);1H/t6-;/m0./s1. The largest absolute Gasteiger partial charge is 0.480 e. The number of carboxylic acids is 1. The van der Waals surface area contributed by atoms with Crippen LogP contribution >= 0.6 is 12.4 Å². The number of aliphatic hydroxyl groups is 1. The van der Waals surface area contributed by atoms with Crippen LogP contribution in [0.4, 0.5) is 0 Å². The minimum absolute atomic E-state index is 0. The van der Waals surface area contributed by atoms with E-state index in [1.54, 1.807) is 0 Å². The van der Waals surface area contributed by atoms with Crippen LogP contribution in [0.25, 0.3) is 0 Å². The molecule has 0 bridgehead atoms. The molecule has 0 rings (SSSR count). The van der Waals surface area contributed by atoms with E-state index in [-0.39, 0.29) is 25.4 Å². The van der Waals surface area contributed by atoms with Crippen molar-refractivity contribution in [2.75, 3.05) is 13.2 Å². The molecule has 0 aromatic heterocycles. The number of rotatable bonds is 6. The fraction of sp³-hybridized carbons (Fsp3) is 0.857. The van der Waals surface area contributed by atoms with Crippen molar-refractivity contribution in [3.63, 3.8) is 0 Å². The van der Waals surface area contributed by atoms with Gasteiger partial charge in [-0.2, -0.15) is 0 Å². The third kappa shape index (κ3) is 6.39. The molecule has 0 unspecified atom stereocenters. The topological polar surface area (TPSA) is 69.6 Å². The van der Waals surface area contributed by atoms with Gasteiger partial charge < -0.3 is 15.5 Å². The van der Waals surface area contributed by atoms with Crippen LogP contribution < -0.4 is 5.32 Å². The summed E-state index contributed by atoms with van der Waals surface area (Å²) in [5.41, 5.74) is 0. The molecular weight excluding hydrogens is 182 g/mol. The number of halogens is 1. The van der Waals surface area contributed by atoms with Gasteiger partial charge in [-0.1, -0.05) is 6.92 Å². The number of hydrogen-bond acceptors (Lipinski definition) is 3. The zero-order valence-corrected chi connectivity index (χ0v) is 7.93. The van der Waals surface area contributed by atoms with E-state index in [9.17, 15) is 4.79 Å². The fourth-order valence-electron chi connectivity index (χ4n) is 0.761. The second kappa shape index (κ2) is 8.77. The quantitative estimate of drug-likeness (QED) is 0.571.